The normalized spacial score (nSPS) is 61.6. The zero-order chi connectivity index (χ0) is 16.9. The summed E-state index contributed by atoms with van der Waals surface area (Å²) in [5.41, 5.74) is -0.490. The second kappa shape index (κ2) is 4.65. The molecule has 0 radical (unpaired) electrons. The third kappa shape index (κ3) is 1.69. The van der Waals surface area contributed by atoms with Crippen molar-refractivity contribution in [3.63, 3.8) is 0 Å². The van der Waals surface area contributed by atoms with Crippen molar-refractivity contribution in [2.24, 2.45) is 40.4 Å². The van der Waals surface area contributed by atoms with E-state index in [1.165, 1.54) is 12.8 Å². The molecule has 2 N–H and O–H groups in total. The highest BCUT2D eigenvalue weighted by molar-refractivity contribution is 5.81. The van der Waals surface area contributed by atoms with Gasteiger partial charge in [0.2, 0.25) is 0 Å². The maximum atomic E-state index is 12.1. The number of aliphatic hydroxyl groups is 2. The van der Waals surface area contributed by atoms with Gasteiger partial charge in [-0.25, -0.2) is 0 Å². The molecule has 0 amide bonds. The van der Waals surface area contributed by atoms with Crippen molar-refractivity contribution in [3.8, 4) is 0 Å². The van der Waals surface area contributed by atoms with E-state index in [2.05, 4.69) is 13.8 Å². The maximum Gasteiger partial charge on any atom is 0.133 e. The molecule has 5 saturated carbocycles. The fourth-order valence-corrected chi connectivity index (χ4v) is 8.79. The summed E-state index contributed by atoms with van der Waals surface area (Å²) in [7, 11) is 0. The van der Waals surface area contributed by atoms with E-state index in [0.29, 0.717) is 35.4 Å². The number of hydrogen-bond acceptors (Lipinski definition) is 3. The first-order valence-corrected chi connectivity index (χ1v) is 10.3. The quantitative estimate of drug-likeness (QED) is 0.774. The van der Waals surface area contributed by atoms with E-state index in [1.807, 2.05) is 0 Å². The Balaban J connectivity index is 1.53. The van der Waals surface area contributed by atoms with E-state index in [-0.39, 0.29) is 16.9 Å². The second-order valence-electron chi connectivity index (χ2n) is 10.2. The molecule has 0 aliphatic heterocycles. The summed E-state index contributed by atoms with van der Waals surface area (Å²) in [6.07, 6.45) is 8.53. The van der Waals surface area contributed by atoms with Crippen LogP contribution in [0, 0.1) is 40.4 Å². The lowest BCUT2D eigenvalue weighted by molar-refractivity contribution is -0.177. The van der Waals surface area contributed by atoms with Gasteiger partial charge in [-0.2, -0.15) is 0 Å². The van der Waals surface area contributed by atoms with E-state index in [4.69, 9.17) is 0 Å². The Morgan fingerprint density at radius 2 is 1.92 bits per heavy atom. The second-order valence-corrected chi connectivity index (χ2v) is 10.2. The van der Waals surface area contributed by atoms with E-state index in [0.717, 1.165) is 44.9 Å². The van der Waals surface area contributed by atoms with Gasteiger partial charge in [0.1, 0.15) is 5.78 Å². The third-order valence-corrected chi connectivity index (χ3v) is 9.51. The summed E-state index contributed by atoms with van der Waals surface area (Å²) in [5.74, 6) is 3.22. The smallest absolute Gasteiger partial charge is 0.133 e. The SMILES string of the molecule is CC[C@]12C[C@](C)(O)C3C(CC[C@@]45CC(=O)CCC4C35)C1CC[C@@H]2O. The van der Waals surface area contributed by atoms with Gasteiger partial charge in [-0.05, 0) is 86.9 Å². The molecule has 9 atom stereocenters. The molecule has 3 heteroatoms. The lowest BCUT2D eigenvalue weighted by atomic mass is 9.49. The highest BCUT2D eigenvalue weighted by Crippen LogP contribution is 2.79. The van der Waals surface area contributed by atoms with Gasteiger partial charge >= 0.3 is 0 Å². The monoisotopic (exact) mass is 332 g/mol. The Morgan fingerprint density at radius 1 is 1.12 bits per heavy atom. The Morgan fingerprint density at radius 3 is 2.67 bits per heavy atom. The van der Waals surface area contributed by atoms with Crippen molar-refractivity contribution in [3.05, 3.63) is 0 Å². The number of rotatable bonds is 1. The predicted molar refractivity (Wildman–Crippen MR) is 91.2 cm³/mol. The summed E-state index contributed by atoms with van der Waals surface area (Å²) in [5, 5.41) is 22.3. The largest absolute Gasteiger partial charge is 0.393 e. The highest BCUT2D eigenvalue weighted by Gasteiger charge is 2.76. The highest BCUT2D eigenvalue weighted by atomic mass is 16.3. The molecule has 0 aromatic carbocycles. The molecular weight excluding hydrogens is 300 g/mol. The minimum atomic E-state index is -0.680. The van der Waals surface area contributed by atoms with Gasteiger partial charge in [0.15, 0.2) is 0 Å². The van der Waals surface area contributed by atoms with Gasteiger partial charge in [-0.1, -0.05) is 6.92 Å². The van der Waals surface area contributed by atoms with Crippen molar-refractivity contribution in [1.29, 1.82) is 0 Å². The molecule has 0 bridgehead atoms. The molecule has 0 aromatic rings. The van der Waals surface area contributed by atoms with Crippen LogP contribution >= 0.6 is 0 Å². The Labute approximate surface area is 145 Å². The molecule has 5 aliphatic carbocycles. The number of carbonyl (C=O) groups excluding carboxylic acids is 1. The molecule has 5 fully saturated rings. The molecule has 5 rings (SSSR count). The van der Waals surface area contributed by atoms with Gasteiger partial charge in [-0.15, -0.1) is 0 Å². The van der Waals surface area contributed by atoms with Gasteiger partial charge in [0.25, 0.3) is 0 Å². The summed E-state index contributed by atoms with van der Waals surface area (Å²) in [4.78, 5) is 12.1. The van der Waals surface area contributed by atoms with Gasteiger partial charge in [0, 0.05) is 18.3 Å². The number of hydrogen-bond donors (Lipinski definition) is 2. The summed E-state index contributed by atoms with van der Waals surface area (Å²) >= 11 is 0. The van der Waals surface area contributed by atoms with Crippen LogP contribution in [0.3, 0.4) is 0 Å². The van der Waals surface area contributed by atoms with Crippen molar-refractivity contribution in [1.82, 2.24) is 0 Å². The average Bonchev–Trinajstić information content (AvgIpc) is 3.08. The van der Waals surface area contributed by atoms with Crippen LogP contribution in [0.15, 0.2) is 0 Å². The molecule has 134 valence electrons. The molecule has 5 aliphatic rings. The van der Waals surface area contributed by atoms with Crippen molar-refractivity contribution >= 4 is 5.78 Å². The summed E-state index contributed by atoms with van der Waals surface area (Å²) < 4.78 is 0. The minimum Gasteiger partial charge on any atom is -0.393 e. The Hall–Kier alpha value is -0.410. The number of Topliss-reactive ketones (excluding diaryl/α,β-unsaturated/α-hetero) is 1. The molecule has 0 saturated heterocycles. The molecule has 1 spiro atoms. The molecule has 24 heavy (non-hydrogen) atoms. The van der Waals surface area contributed by atoms with Gasteiger partial charge < -0.3 is 10.2 Å². The summed E-state index contributed by atoms with van der Waals surface area (Å²) in [6, 6.07) is 0. The molecule has 0 heterocycles. The zero-order valence-corrected chi connectivity index (χ0v) is 15.1. The molecular formula is C21H32O3. The van der Waals surface area contributed by atoms with Crippen LogP contribution in [-0.2, 0) is 4.79 Å². The fourth-order valence-electron chi connectivity index (χ4n) is 8.79. The zero-order valence-electron chi connectivity index (χ0n) is 15.1. The first kappa shape index (κ1) is 15.8. The lowest BCUT2D eigenvalue weighted by Gasteiger charge is -2.58. The van der Waals surface area contributed by atoms with Crippen LogP contribution in [0.25, 0.3) is 0 Å². The van der Waals surface area contributed by atoms with Crippen molar-refractivity contribution < 1.29 is 15.0 Å². The van der Waals surface area contributed by atoms with Crippen LogP contribution in [0.4, 0.5) is 0 Å². The molecule has 3 nitrogen and oxygen atoms in total. The first-order chi connectivity index (χ1) is 11.4. The Bertz CT molecular complexity index is 584. The average molecular weight is 332 g/mol. The third-order valence-electron chi connectivity index (χ3n) is 9.51. The summed E-state index contributed by atoms with van der Waals surface area (Å²) in [6.45, 7) is 4.26. The van der Waals surface area contributed by atoms with Crippen LogP contribution in [-0.4, -0.2) is 27.7 Å². The van der Waals surface area contributed by atoms with Crippen LogP contribution in [0.1, 0.15) is 71.6 Å². The van der Waals surface area contributed by atoms with Crippen LogP contribution in [0.2, 0.25) is 0 Å². The van der Waals surface area contributed by atoms with Crippen LogP contribution in [0.5, 0.6) is 0 Å². The number of fused-ring (bicyclic) bond motifs is 5. The van der Waals surface area contributed by atoms with Gasteiger partial charge in [-0.3, -0.25) is 4.79 Å². The van der Waals surface area contributed by atoms with Gasteiger partial charge in [0.05, 0.1) is 11.7 Å². The van der Waals surface area contributed by atoms with E-state index >= 15 is 0 Å². The van der Waals surface area contributed by atoms with Crippen molar-refractivity contribution in [2.45, 2.75) is 83.3 Å². The van der Waals surface area contributed by atoms with E-state index < -0.39 is 5.60 Å². The fraction of sp³-hybridized carbons (Fsp3) is 0.952. The van der Waals surface area contributed by atoms with Crippen LogP contribution < -0.4 is 0 Å². The predicted octanol–water partition coefficient (Wildman–Crippen LogP) is 3.32. The number of ketones is 1. The van der Waals surface area contributed by atoms with E-state index in [1.54, 1.807) is 0 Å². The maximum absolute atomic E-state index is 12.1. The van der Waals surface area contributed by atoms with E-state index in [9.17, 15) is 15.0 Å². The topological polar surface area (TPSA) is 57.5 Å². The molecule has 0 aromatic heterocycles. The first-order valence-electron chi connectivity index (χ1n) is 10.3. The standard InChI is InChI=1S/C21H32O3/c1-3-20-11-19(2,24)17-13(14(20)6-7-16(20)23)8-9-21-10-12(22)4-5-15(21)18(17)21/h13-18,23-24H,3-11H2,1-2H3/t13?,14?,15?,16-,17?,18?,19-,20-,21+/m0/s1. The number of aliphatic hydroxyl groups excluding tert-OH is 1. The lowest BCUT2D eigenvalue weighted by Crippen LogP contribution is -2.58. The Kier molecular flexibility index (Phi) is 3.06. The molecule has 5 unspecified atom stereocenters. The minimum absolute atomic E-state index is 0.0644. The number of carbonyl (C=O) groups is 1. The van der Waals surface area contributed by atoms with Crippen molar-refractivity contribution in [2.75, 3.05) is 0 Å².